The molecule has 0 aromatic heterocycles. The van der Waals surface area contributed by atoms with Crippen LogP contribution < -0.4 is 5.32 Å². The molecule has 1 N–H and O–H groups in total. The number of carbonyl (C=O) groups excluding carboxylic acids is 2. The number of amides is 2. The summed E-state index contributed by atoms with van der Waals surface area (Å²) in [4.78, 5) is 31.7. The summed E-state index contributed by atoms with van der Waals surface area (Å²) >= 11 is 0. The molecule has 0 spiro atoms. The third-order valence-electron chi connectivity index (χ3n) is 5.90. The average molecular weight is 387 g/mol. The second-order valence-corrected chi connectivity index (χ2v) is 8.20. The zero-order valence-corrected chi connectivity index (χ0v) is 17.3. The van der Waals surface area contributed by atoms with Crippen molar-refractivity contribution >= 4 is 11.8 Å². The maximum absolute atomic E-state index is 12.6. The zero-order chi connectivity index (χ0) is 19.9. The molecule has 154 valence electrons. The summed E-state index contributed by atoms with van der Waals surface area (Å²) < 4.78 is 0. The Bertz CT molecular complexity index is 641. The Labute approximate surface area is 168 Å². The molecule has 0 saturated carbocycles. The van der Waals surface area contributed by atoms with Gasteiger partial charge in [0.15, 0.2) is 0 Å². The molecule has 6 nitrogen and oxygen atoms in total. The van der Waals surface area contributed by atoms with Crippen molar-refractivity contribution in [2.45, 2.75) is 51.7 Å². The van der Waals surface area contributed by atoms with E-state index in [1.54, 1.807) is 0 Å². The van der Waals surface area contributed by atoms with Gasteiger partial charge in [0.2, 0.25) is 11.8 Å². The van der Waals surface area contributed by atoms with E-state index in [1.807, 2.05) is 11.0 Å². The fourth-order valence-electron chi connectivity index (χ4n) is 4.24. The highest BCUT2D eigenvalue weighted by atomic mass is 16.2. The molecule has 0 bridgehead atoms. The van der Waals surface area contributed by atoms with Crippen LogP contribution in [0.5, 0.6) is 0 Å². The van der Waals surface area contributed by atoms with Crippen molar-refractivity contribution in [2.24, 2.45) is 0 Å². The molecule has 6 heteroatoms. The summed E-state index contributed by atoms with van der Waals surface area (Å²) in [5.41, 5.74) is 1.30. The predicted molar refractivity (Wildman–Crippen MR) is 111 cm³/mol. The van der Waals surface area contributed by atoms with Gasteiger partial charge in [-0.25, -0.2) is 0 Å². The summed E-state index contributed by atoms with van der Waals surface area (Å²) in [6, 6.07) is 10.7. The maximum Gasteiger partial charge on any atom is 0.242 e. The Balaban J connectivity index is 1.41. The van der Waals surface area contributed by atoms with Crippen molar-refractivity contribution in [3.05, 3.63) is 35.9 Å². The molecule has 2 fully saturated rings. The fraction of sp³-hybridized carbons (Fsp3) is 0.636. The minimum Gasteiger partial charge on any atom is -0.346 e. The molecule has 1 aromatic carbocycles. The van der Waals surface area contributed by atoms with Gasteiger partial charge in [-0.15, -0.1) is 0 Å². The second-order valence-electron chi connectivity index (χ2n) is 8.20. The van der Waals surface area contributed by atoms with Crippen LogP contribution in [-0.4, -0.2) is 77.9 Å². The van der Waals surface area contributed by atoms with Gasteiger partial charge in [0.05, 0.1) is 12.6 Å². The number of nitrogens with one attached hydrogen (secondary N) is 1. The molecule has 0 aliphatic carbocycles. The van der Waals surface area contributed by atoms with E-state index in [-0.39, 0.29) is 24.4 Å². The van der Waals surface area contributed by atoms with Crippen LogP contribution >= 0.6 is 0 Å². The van der Waals surface area contributed by atoms with Gasteiger partial charge in [-0.1, -0.05) is 36.8 Å². The Kier molecular flexibility index (Phi) is 7.45. The molecule has 1 aromatic rings. The summed E-state index contributed by atoms with van der Waals surface area (Å²) in [6.45, 7) is 9.46. The Morgan fingerprint density at radius 2 is 1.75 bits per heavy atom. The maximum atomic E-state index is 12.6. The van der Waals surface area contributed by atoms with Gasteiger partial charge in [-0.2, -0.15) is 0 Å². The first-order valence-electron chi connectivity index (χ1n) is 10.6. The van der Waals surface area contributed by atoms with Gasteiger partial charge in [0.1, 0.15) is 0 Å². The number of piperazine rings is 1. The van der Waals surface area contributed by atoms with Crippen LogP contribution in [0.15, 0.2) is 30.3 Å². The first-order valence-corrected chi connectivity index (χ1v) is 10.6. The monoisotopic (exact) mass is 386 g/mol. The van der Waals surface area contributed by atoms with Gasteiger partial charge in [0.25, 0.3) is 0 Å². The Morgan fingerprint density at radius 1 is 1.04 bits per heavy atom. The number of hydrogen-bond acceptors (Lipinski definition) is 4. The van der Waals surface area contributed by atoms with Gasteiger partial charge >= 0.3 is 0 Å². The molecule has 2 amide bonds. The molecule has 2 aliphatic heterocycles. The largest absolute Gasteiger partial charge is 0.346 e. The summed E-state index contributed by atoms with van der Waals surface area (Å²) in [5.74, 6) is 0.0316. The zero-order valence-electron chi connectivity index (χ0n) is 17.3. The lowest BCUT2D eigenvalue weighted by atomic mass is 9.99. The number of piperidine rings is 1. The van der Waals surface area contributed by atoms with Crippen LogP contribution in [0.2, 0.25) is 0 Å². The Morgan fingerprint density at radius 3 is 2.43 bits per heavy atom. The number of hydrogen-bond donors (Lipinski definition) is 1. The Hall–Kier alpha value is -1.92. The molecule has 1 atom stereocenters. The van der Waals surface area contributed by atoms with Crippen LogP contribution in [0, 0.1) is 0 Å². The first kappa shape index (κ1) is 20.8. The van der Waals surface area contributed by atoms with Crippen LogP contribution in [0.1, 0.15) is 38.7 Å². The van der Waals surface area contributed by atoms with Gasteiger partial charge in [0, 0.05) is 38.8 Å². The van der Waals surface area contributed by atoms with Crippen LogP contribution in [0.25, 0.3) is 0 Å². The highest BCUT2D eigenvalue weighted by Gasteiger charge is 2.30. The van der Waals surface area contributed by atoms with Crippen molar-refractivity contribution in [1.82, 2.24) is 20.0 Å². The van der Waals surface area contributed by atoms with E-state index in [0.717, 1.165) is 58.5 Å². The van der Waals surface area contributed by atoms with Crippen molar-refractivity contribution in [3.8, 4) is 0 Å². The molecule has 0 radical (unpaired) electrons. The fourth-order valence-corrected chi connectivity index (χ4v) is 4.24. The standard InChI is InChI=1S/C22H34N4O2/c1-18(2)26-11-7-6-10-20(26)22(28)23-16-21(27)25-14-12-24(13-15-25)17-19-8-4-3-5-9-19/h3-5,8-9,18,20H,6-7,10-17H2,1-2H3,(H,23,28). The van der Waals surface area contributed by atoms with Crippen molar-refractivity contribution in [1.29, 1.82) is 0 Å². The first-order chi connectivity index (χ1) is 13.5. The van der Waals surface area contributed by atoms with Gasteiger partial charge in [-0.3, -0.25) is 19.4 Å². The molecule has 2 saturated heterocycles. The molecule has 2 heterocycles. The number of rotatable bonds is 6. The van der Waals surface area contributed by atoms with E-state index in [9.17, 15) is 9.59 Å². The lowest BCUT2D eigenvalue weighted by Crippen LogP contribution is -2.55. The SMILES string of the molecule is CC(C)N1CCCCC1C(=O)NCC(=O)N1CCN(Cc2ccccc2)CC1. The van der Waals surface area contributed by atoms with E-state index in [4.69, 9.17) is 0 Å². The summed E-state index contributed by atoms with van der Waals surface area (Å²) in [6.07, 6.45) is 3.11. The normalized spacial score (nSPS) is 21.7. The van der Waals surface area contributed by atoms with Gasteiger partial charge in [-0.05, 0) is 38.8 Å². The lowest BCUT2D eigenvalue weighted by Gasteiger charge is -2.38. The summed E-state index contributed by atoms with van der Waals surface area (Å²) in [7, 11) is 0. The third-order valence-corrected chi connectivity index (χ3v) is 5.90. The van der Waals surface area contributed by atoms with Crippen molar-refractivity contribution in [2.75, 3.05) is 39.3 Å². The molecule has 3 rings (SSSR count). The average Bonchev–Trinajstić information content (AvgIpc) is 2.73. The van der Waals surface area contributed by atoms with Crippen LogP contribution in [-0.2, 0) is 16.1 Å². The van der Waals surface area contributed by atoms with Crippen molar-refractivity contribution in [3.63, 3.8) is 0 Å². The van der Waals surface area contributed by atoms with E-state index in [2.05, 4.69) is 53.2 Å². The van der Waals surface area contributed by atoms with E-state index in [1.165, 1.54) is 5.56 Å². The molecular weight excluding hydrogens is 352 g/mol. The third kappa shape index (κ3) is 5.55. The molecule has 2 aliphatic rings. The predicted octanol–water partition coefficient (Wildman–Crippen LogP) is 1.71. The smallest absolute Gasteiger partial charge is 0.242 e. The van der Waals surface area contributed by atoms with Crippen LogP contribution in [0.3, 0.4) is 0 Å². The van der Waals surface area contributed by atoms with Gasteiger partial charge < -0.3 is 10.2 Å². The highest BCUT2D eigenvalue weighted by molar-refractivity contribution is 5.87. The number of likely N-dealkylation sites (tertiary alicyclic amines) is 1. The minimum atomic E-state index is -0.0933. The topological polar surface area (TPSA) is 55.9 Å². The number of carbonyl (C=O) groups is 2. The number of benzene rings is 1. The van der Waals surface area contributed by atoms with E-state index >= 15 is 0 Å². The second kappa shape index (κ2) is 10.0. The van der Waals surface area contributed by atoms with Crippen molar-refractivity contribution < 1.29 is 9.59 Å². The quantitative estimate of drug-likeness (QED) is 0.809. The molecular formula is C22H34N4O2. The minimum absolute atomic E-state index is 0.00413. The molecule has 1 unspecified atom stereocenters. The van der Waals surface area contributed by atoms with Crippen LogP contribution in [0.4, 0.5) is 0 Å². The van der Waals surface area contributed by atoms with E-state index < -0.39 is 0 Å². The van der Waals surface area contributed by atoms with E-state index in [0.29, 0.717) is 6.04 Å². The highest BCUT2D eigenvalue weighted by Crippen LogP contribution is 2.19. The lowest BCUT2D eigenvalue weighted by molar-refractivity contribution is -0.136. The number of nitrogens with zero attached hydrogens (tertiary/aromatic N) is 3. The summed E-state index contributed by atoms with van der Waals surface area (Å²) in [5, 5.41) is 2.90. The molecule has 28 heavy (non-hydrogen) atoms.